The fourth-order valence-corrected chi connectivity index (χ4v) is 2.47. The second kappa shape index (κ2) is 7.46. The van der Waals surface area contributed by atoms with Gasteiger partial charge in [-0.2, -0.15) is 0 Å². The van der Waals surface area contributed by atoms with Crippen molar-refractivity contribution >= 4 is 17.3 Å². The van der Waals surface area contributed by atoms with Crippen LogP contribution in [0.25, 0.3) is 0 Å². The lowest BCUT2D eigenvalue weighted by molar-refractivity contribution is -0.118. The molecule has 0 spiro atoms. The summed E-state index contributed by atoms with van der Waals surface area (Å²) in [6, 6.07) is 8.40. The molecule has 1 fully saturated rings. The van der Waals surface area contributed by atoms with E-state index in [-0.39, 0.29) is 11.8 Å². The Morgan fingerprint density at radius 1 is 1.29 bits per heavy atom. The number of anilines is 2. The molecular weight excluding hydrogens is 264 g/mol. The van der Waals surface area contributed by atoms with Crippen LogP contribution < -0.4 is 10.6 Å². The highest BCUT2D eigenvalue weighted by Gasteiger charge is 2.20. The quantitative estimate of drug-likeness (QED) is 0.870. The van der Waals surface area contributed by atoms with E-state index < -0.39 is 0 Å². The summed E-state index contributed by atoms with van der Waals surface area (Å²) in [4.78, 5) is 11.6. The lowest BCUT2D eigenvalue weighted by Crippen LogP contribution is -2.33. The average Bonchev–Trinajstić information content (AvgIpc) is 2.49. The molecule has 1 aliphatic rings. The fourth-order valence-electron chi connectivity index (χ4n) is 2.47. The van der Waals surface area contributed by atoms with Gasteiger partial charge in [-0.25, -0.2) is 0 Å². The molecule has 2 N–H and O–H groups in total. The van der Waals surface area contributed by atoms with Crippen molar-refractivity contribution in [3.05, 3.63) is 24.3 Å². The number of carbonyl (C=O) groups is 1. The van der Waals surface area contributed by atoms with Crippen LogP contribution in [-0.4, -0.2) is 24.7 Å². The number of carbonyl (C=O) groups excluding carboxylic acids is 1. The lowest BCUT2D eigenvalue weighted by atomic mass is 10.0. The minimum Gasteiger partial charge on any atom is -0.382 e. The van der Waals surface area contributed by atoms with E-state index in [1.54, 1.807) is 0 Å². The Hall–Kier alpha value is -1.55. The molecule has 1 heterocycles. The van der Waals surface area contributed by atoms with Gasteiger partial charge in [-0.3, -0.25) is 4.79 Å². The summed E-state index contributed by atoms with van der Waals surface area (Å²) in [7, 11) is 0. The second-order valence-electron chi connectivity index (χ2n) is 5.99. The van der Waals surface area contributed by atoms with Crippen molar-refractivity contribution in [3.63, 3.8) is 0 Å². The molecule has 4 nitrogen and oxygen atoms in total. The summed E-state index contributed by atoms with van der Waals surface area (Å²) in [5.74, 6) is 0.0435. The first-order valence-electron chi connectivity index (χ1n) is 7.87. The average molecular weight is 290 g/mol. The Morgan fingerprint density at radius 2 is 1.95 bits per heavy atom. The molecule has 0 bridgehead atoms. The van der Waals surface area contributed by atoms with Crippen LogP contribution in [0.5, 0.6) is 0 Å². The van der Waals surface area contributed by atoms with Gasteiger partial charge in [0.25, 0.3) is 0 Å². The molecule has 1 aromatic carbocycles. The number of nitrogens with one attached hydrogen (secondary N) is 2. The number of hydrogen-bond donors (Lipinski definition) is 2. The maximum Gasteiger partial charge on any atom is 0.226 e. The molecule has 2 unspecified atom stereocenters. The van der Waals surface area contributed by atoms with Gasteiger partial charge in [0.15, 0.2) is 0 Å². The third-order valence-electron chi connectivity index (χ3n) is 3.87. The van der Waals surface area contributed by atoms with Gasteiger partial charge >= 0.3 is 0 Å². The van der Waals surface area contributed by atoms with E-state index in [1.807, 2.05) is 38.1 Å². The minimum atomic E-state index is -0.00369. The maximum atomic E-state index is 11.6. The molecule has 116 valence electrons. The van der Waals surface area contributed by atoms with Crippen LogP contribution >= 0.6 is 0 Å². The predicted molar refractivity (Wildman–Crippen MR) is 86.6 cm³/mol. The zero-order chi connectivity index (χ0) is 15.2. The lowest BCUT2D eigenvalue weighted by Gasteiger charge is -2.30. The van der Waals surface area contributed by atoms with E-state index in [4.69, 9.17) is 4.74 Å². The molecule has 1 aliphatic heterocycles. The van der Waals surface area contributed by atoms with Crippen LogP contribution in [0, 0.1) is 5.92 Å². The molecule has 21 heavy (non-hydrogen) atoms. The van der Waals surface area contributed by atoms with Crippen molar-refractivity contribution in [1.82, 2.24) is 0 Å². The van der Waals surface area contributed by atoms with Crippen LogP contribution in [0.3, 0.4) is 0 Å². The third-order valence-corrected chi connectivity index (χ3v) is 3.87. The molecule has 1 saturated heterocycles. The first-order chi connectivity index (χ1) is 10.1. The van der Waals surface area contributed by atoms with Gasteiger partial charge < -0.3 is 15.4 Å². The number of amides is 1. The van der Waals surface area contributed by atoms with Gasteiger partial charge in [-0.15, -0.1) is 0 Å². The first kappa shape index (κ1) is 15.8. The zero-order valence-electron chi connectivity index (χ0n) is 13.2. The van der Waals surface area contributed by atoms with Gasteiger partial charge in [0, 0.05) is 29.9 Å². The second-order valence-corrected chi connectivity index (χ2v) is 5.99. The van der Waals surface area contributed by atoms with Crippen molar-refractivity contribution < 1.29 is 9.53 Å². The van der Waals surface area contributed by atoms with Gasteiger partial charge in [0.2, 0.25) is 5.91 Å². The summed E-state index contributed by atoms with van der Waals surface area (Å²) < 4.78 is 5.69. The Morgan fingerprint density at radius 3 is 2.57 bits per heavy atom. The van der Waals surface area contributed by atoms with E-state index in [0.29, 0.717) is 12.1 Å². The van der Waals surface area contributed by atoms with Crippen LogP contribution in [0.1, 0.15) is 40.0 Å². The van der Waals surface area contributed by atoms with Crippen LogP contribution in [0.2, 0.25) is 0 Å². The van der Waals surface area contributed by atoms with E-state index in [2.05, 4.69) is 17.6 Å². The summed E-state index contributed by atoms with van der Waals surface area (Å²) in [5, 5.41) is 6.46. The largest absolute Gasteiger partial charge is 0.382 e. The molecule has 1 aromatic rings. The normalized spacial score (nSPS) is 22.1. The molecule has 2 atom stereocenters. The third kappa shape index (κ3) is 4.74. The standard InChI is InChI=1S/C17H26N2O2/c1-4-16-11-15(9-10-21-16)18-13-5-7-14(8-6-13)19-17(20)12(2)3/h5-8,12,15-16,18H,4,9-11H2,1-3H3,(H,19,20). The van der Waals surface area contributed by atoms with Crippen molar-refractivity contribution in [2.75, 3.05) is 17.2 Å². The number of ether oxygens (including phenoxy) is 1. The molecule has 1 amide bonds. The molecule has 4 heteroatoms. The van der Waals surface area contributed by atoms with Gasteiger partial charge in [-0.05, 0) is 43.5 Å². The topological polar surface area (TPSA) is 50.4 Å². The Balaban J connectivity index is 1.88. The minimum absolute atomic E-state index is 0.00369. The monoisotopic (exact) mass is 290 g/mol. The van der Waals surface area contributed by atoms with Gasteiger partial charge in [0.05, 0.1) is 6.10 Å². The summed E-state index contributed by atoms with van der Waals surface area (Å²) in [6.07, 6.45) is 3.55. The van der Waals surface area contributed by atoms with Crippen molar-refractivity contribution in [2.45, 2.75) is 52.2 Å². The van der Waals surface area contributed by atoms with E-state index in [1.165, 1.54) is 0 Å². The van der Waals surface area contributed by atoms with Crippen molar-refractivity contribution in [2.24, 2.45) is 5.92 Å². The molecular formula is C17H26N2O2. The highest BCUT2D eigenvalue weighted by molar-refractivity contribution is 5.92. The Bertz CT molecular complexity index is 456. The van der Waals surface area contributed by atoms with Crippen molar-refractivity contribution in [1.29, 1.82) is 0 Å². The number of rotatable bonds is 5. The molecule has 0 radical (unpaired) electrons. The smallest absolute Gasteiger partial charge is 0.226 e. The predicted octanol–water partition coefficient (Wildman–Crippen LogP) is 3.65. The number of benzene rings is 1. The van der Waals surface area contributed by atoms with E-state index >= 15 is 0 Å². The summed E-state index contributed by atoms with van der Waals surface area (Å²) in [6.45, 7) is 6.78. The van der Waals surface area contributed by atoms with Crippen LogP contribution in [-0.2, 0) is 9.53 Å². The summed E-state index contributed by atoms with van der Waals surface area (Å²) >= 11 is 0. The summed E-state index contributed by atoms with van der Waals surface area (Å²) in [5.41, 5.74) is 1.94. The van der Waals surface area contributed by atoms with Crippen molar-refractivity contribution in [3.8, 4) is 0 Å². The van der Waals surface area contributed by atoms with E-state index in [0.717, 1.165) is 37.2 Å². The SMILES string of the molecule is CCC1CC(Nc2ccc(NC(=O)C(C)C)cc2)CCO1. The zero-order valence-corrected chi connectivity index (χ0v) is 13.2. The fraction of sp³-hybridized carbons (Fsp3) is 0.588. The molecule has 0 saturated carbocycles. The highest BCUT2D eigenvalue weighted by Crippen LogP contribution is 2.21. The van der Waals surface area contributed by atoms with Crippen LogP contribution in [0.15, 0.2) is 24.3 Å². The van der Waals surface area contributed by atoms with Gasteiger partial charge in [-0.1, -0.05) is 20.8 Å². The maximum absolute atomic E-state index is 11.6. The Labute approximate surface area is 127 Å². The van der Waals surface area contributed by atoms with Crippen LogP contribution in [0.4, 0.5) is 11.4 Å². The molecule has 0 aromatic heterocycles. The number of hydrogen-bond acceptors (Lipinski definition) is 3. The first-order valence-corrected chi connectivity index (χ1v) is 7.87. The molecule has 0 aliphatic carbocycles. The Kier molecular flexibility index (Phi) is 5.62. The molecule has 2 rings (SSSR count). The highest BCUT2D eigenvalue weighted by atomic mass is 16.5. The van der Waals surface area contributed by atoms with E-state index in [9.17, 15) is 4.79 Å². The van der Waals surface area contributed by atoms with Gasteiger partial charge in [0.1, 0.15) is 0 Å².